The standard InChI is InChI=1S/C15H28N2O4/c1-15(2,3)12(10-13(19)20)16-14(21)17(8-5-9-18)11-6-4-7-11/h11-12,18H,4-10H2,1-3H3,(H,16,21)(H,19,20). The summed E-state index contributed by atoms with van der Waals surface area (Å²) in [5.74, 6) is -0.916. The van der Waals surface area contributed by atoms with E-state index in [0.29, 0.717) is 13.0 Å². The Bertz CT molecular complexity index is 361. The Balaban J connectivity index is 2.69. The third-order valence-corrected chi connectivity index (χ3v) is 4.06. The number of carbonyl (C=O) groups excluding carboxylic acids is 1. The summed E-state index contributed by atoms with van der Waals surface area (Å²) >= 11 is 0. The van der Waals surface area contributed by atoms with Crippen LogP contribution in [0, 0.1) is 5.41 Å². The monoisotopic (exact) mass is 300 g/mol. The molecule has 1 saturated carbocycles. The summed E-state index contributed by atoms with van der Waals surface area (Å²) in [6.07, 6.45) is 3.54. The van der Waals surface area contributed by atoms with Gasteiger partial charge in [0.25, 0.3) is 0 Å². The topological polar surface area (TPSA) is 89.9 Å². The Labute approximate surface area is 126 Å². The highest BCUT2D eigenvalue weighted by Gasteiger charge is 2.33. The second-order valence-corrected chi connectivity index (χ2v) is 6.82. The van der Waals surface area contributed by atoms with Crippen LogP contribution in [0.5, 0.6) is 0 Å². The number of hydrogen-bond donors (Lipinski definition) is 3. The molecule has 0 spiro atoms. The molecule has 3 N–H and O–H groups in total. The van der Waals surface area contributed by atoms with Crippen molar-refractivity contribution in [2.45, 2.75) is 65.0 Å². The first kappa shape index (κ1) is 17.8. The van der Waals surface area contributed by atoms with Gasteiger partial charge in [0.15, 0.2) is 0 Å². The van der Waals surface area contributed by atoms with Gasteiger partial charge in [0.05, 0.1) is 6.42 Å². The Morgan fingerprint density at radius 2 is 1.95 bits per heavy atom. The lowest BCUT2D eigenvalue weighted by molar-refractivity contribution is -0.138. The second-order valence-electron chi connectivity index (χ2n) is 6.82. The van der Waals surface area contributed by atoms with Crippen molar-refractivity contribution in [2.75, 3.05) is 13.2 Å². The number of carboxylic acid groups (broad SMARTS) is 1. The van der Waals surface area contributed by atoms with Gasteiger partial charge in [-0.25, -0.2) is 4.79 Å². The maximum absolute atomic E-state index is 12.5. The van der Waals surface area contributed by atoms with Crippen molar-refractivity contribution in [3.63, 3.8) is 0 Å². The van der Waals surface area contributed by atoms with E-state index in [4.69, 9.17) is 10.2 Å². The van der Waals surface area contributed by atoms with Crippen LogP contribution >= 0.6 is 0 Å². The van der Waals surface area contributed by atoms with E-state index in [2.05, 4.69) is 5.32 Å². The molecule has 1 fully saturated rings. The quantitative estimate of drug-likeness (QED) is 0.669. The first-order valence-corrected chi connectivity index (χ1v) is 7.65. The van der Waals surface area contributed by atoms with Crippen molar-refractivity contribution in [2.24, 2.45) is 5.41 Å². The molecule has 1 atom stereocenters. The van der Waals surface area contributed by atoms with Gasteiger partial charge in [-0.1, -0.05) is 20.8 Å². The first-order chi connectivity index (χ1) is 9.75. The third-order valence-electron chi connectivity index (χ3n) is 4.06. The zero-order chi connectivity index (χ0) is 16.0. The molecule has 6 heteroatoms. The summed E-state index contributed by atoms with van der Waals surface area (Å²) in [4.78, 5) is 25.2. The number of amides is 2. The molecule has 1 rings (SSSR count). The Kier molecular flexibility index (Phi) is 6.45. The van der Waals surface area contributed by atoms with Crippen LogP contribution < -0.4 is 5.32 Å². The van der Waals surface area contributed by atoms with Crippen molar-refractivity contribution in [1.82, 2.24) is 10.2 Å². The lowest BCUT2D eigenvalue weighted by atomic mass is 9.84. The normalized spacial score (nSPS) is 17.0. The highest BCUT2D eigenvalue weighted by Crippen LogP contribution is 2.26. The van der Waals surface area contributed by atoms with Gasteiger partial charge in [0.2, 0.25) is 0 Å². The van der Waals surface area contributed by atoms with Crippen LogP contribution in [0.15, 0.2) is 0 Å². The van der Waals surface area contributed by atoms with Crippen molar-refractivity contribution >= 4 is 12.0 Å². The van der Waals surface area contributed by atoms with Gasteiger partial charge in [-0.15, -0.1) is 0 Å². The fraction of sp³-hybridized carbons (Fsp3) is 0.867. The summed E-state index contributed by atoms with van der Waals surface area (Å²) in [5.41, 5.74) is -0.323. The molecule has 0 aromatic carbocycles. The third kappa shape index (κ3) is 5.53. The molecule has 1 unspecified atom stereocenters. The predicted octanol–water partition coefficient (Wildman–Crippen LogP) is 1.82. The lowest BCUT2D eigenvalue weighted by Crippen LogP contribution is -2.54. The van der Waals surface area contributed by atoms with Crippen molar-refractivity contribution < 1.29 is 19.8 Å². The average Bonchev–Trinajstić information content (AvgIpc) is 2.29. The lowest BCUT2D eigenvalue weighted by Gasteiger charge is -2.40. The fourth-order valence-corrected chi connectivity index (χ4v) is 2.37. The van der Waals surface area contributed by atoms with E-state index in [-0.39, 0.29) is 30.5 Å². The maximum Gasteiger partial charge on any atom is 0.317 e. The van der Waals surface area contributed by atoms with Crippen LogP contribution in [0.3, 0.4) is 0 Å². The number of carbonyl (C=O) groups is 2. The Hall–Kier alpha value is -1.30. The summed E-state index contributed by atoms with van der Waals surface area (Å²) in [7, 11) is 0. The minimum absolute atomic E-state index is 0.0499. The van der Waals surface area contributed by atoms with E-state index < -0.39 is 12.0 Å². The van der Waals surface area contributed by atoms with E-state index in [9.17, 15) is 9.59 Å². The molecular weight excluding hydrogens is 272 g/mol. The van der Waals surface area contributed by atoms with Crippen LogP contribution in [0.4, 0.5) is 4.79 Å². The van der Waals surface area contributed by atoms with Crippen LogP contribution in [-0.4, -0.2) is 52.3 Å². The van der Waals surface area contributed by atoms with Crippen molar-refractivity contribution in [3.05, 3.63) is 0 Å². The van der Waals surface area contributed by atoms with Gasteiger partial charge in [-0.3, -0.25) is 4.79 Å². The molecule has 0 aliphatic heterocycles. The minimum Gasteiger partial charge on any atom is -0.481 e. The molecule has 0 aromatic rings. The van der Waals surface area contributed by atoms with E-state index in [1.807, 2.05) is 20.8 Å². The predicted molar refractivity (Wildman–Crippen MR) is 80.1 cm³/mol. The molecule has 0 bridgehead atoms. The van der Waals surface area contributed by atoms with E-state index in [0.717, 1.165) is 19.3 Å². The van der Waals surface area contributed by atoms with Gasteiger partial charge in [-0.05, 0) is 31.1 Å². The number of rotatable bonds is 7. The minimum atomic E-state index is -0.916. The van der Waals surface area contributed by atoms with Crippen LogP contribution in [0.1, 0.15) is 52.9 Å². The van der Waals surface area contributed by atoms with Gasteiger partial charge < -0.3 is 20.4 Å². The fourth-order valence-electron chi connectivity index (χ4n) is 2.37. The molecule has 21 heavy (non-hydrogen) atoms. The number of hydrogen-bond acceptors (Lipinski definition) is 3. The zero-order valence-corrected chi connectivity index (χ0v) is 13.3. The van der Waals surface area contributed by atoms with Crippen molar-refractivity contribution in [1.29, 1.82) is 0 Å². The number of urea groups is 1. The molecule has 2 amide bonds. The van der Waals surface area contributed by atoms with E-state index >= 15 is 0 Å². The molecular formula is C15H28N2O4. The number of nitrogens with one attached hydrogen (secondary N) is 1. The largest absolute Gasteiger partial charge is 0.481 e. The van der Waals surface area contributed by atoms with E-state index in [1.54, 1.807) is 4.90 Å². The van der Waals surface area contributed by atoms with Gasteiger partial charge in [-0.2, -0.15) is 0 Å². The molecule has 0 aromatic heterocycles. The van der Waals surface area contributed by atoms with Gasteiger partial charge in [0.1, 0.15) is 0 Å². The molecule has 0 heterocycles. The van der Waals surface area contributed by atoms with Crippen LogP contribution in [0.2, 0.25) is 0 Å². The summed E-state index contributed by atoms with van der Waals surface area (Å²) < 4.78 is 0. The number of nitrogens with zero attached hydrogens (tertiary/aromatic N) is 1. The molecule has 6 nitrogen and oxygen atoms in total. The van der Waals surface area contributed by atoms with Crippen molar-refractivity contribution in [3.8, 4) is 0 Å². The number of aliphatic hydroxyl groups is 1. The van der Waals surface area contributed by atoms with Gasteiger partial charge in [0, 0.05) is 25.2 Å². The molecule has 0 radical (unpaired) electrons. The molecule has 122 valence electrons. The zero-order valence-electron chi connectivity index (χ0n) is 13.3. The number of aliphatic hydroxyl groups excluding tert-OH is 1. The Morgan fingerprint density at radius 3 is 2.33 bits per heavy atom. The SMILES string of the molecule is CC(C)(C)C(CC(=O)O)NC(=O)N(CCCO)C1CCC1. The smallest absolute Gasteiger partial charge is 0.317 e. The summed E-state index contributed by atoms with van der Waals surface area (Å²) in [6.45, 7) is 6.32. The molecule has 0 saturated heterocycles. The molecule has 1 aliphatic carbocycles. The highest BCUT2D eigenvalue weighted by molar-refractivity contribution is 5.76. The summed E-state index contributed by atoms with van der Waals surface area (Å²) in [6, 6.07) is -0.407. The highest BCUT2D eigenvalue weighted by atomic mass is 16.4. The van der Waals surface area contributed by atoms with Crippen LogP contribution in [0.25, 0.3) is 0 Å². The van der Waals surface area contributed by atoms with E-state index in [1.165, 1.54) is 0 Å². The number of carboxylic acids is 1. The Morgan fingerprint density at radius 1 is 1.33 bits per heavy atom. The van der Waals surface area contributed by atoms with Gasteiger partial charge >= 0.3 is 12.0 Å². The van der Waals surface area contributed by atoms with Crippen LogP contribution in [-0.2, 0) is 4.79 Å². The first-order valence-electron chi connectivity index (χ1n) is 7.65. The number of aliphatic carboxylic acids is 1. The average molecular weight is 300 g/mol. The second kappa shape index (κ2) is 7.64. The summed E-state index contributed by atoms with van der Waals surface area (Å²) in [5, 5.41) is 20.8. The molecule has 1 aliphatic rings. The maximum atomic E-state index is 12.5.